The maximum Gasteiger partial charge on any atom is 0.260 e. The Hall–Kier alpha value is -1.87. The van der Waals surface area contributed by atoms with Crippen LogP contribution in [0.15, 0.2) is 41.5 Å². The predicted octanol–water partition coefficient (Wildman–Crippen LogP) is 5.48. The van der Waals surface area contributed by atoms with Crippen molar-refractivity contribution < 1.29 is 13.2 Å². The summed E-state index contributed by atoms with van der Waals surface area (Å²) in [5.41, 5.74) is 0.737. The summed E-state index contributed by atoms with van der Waals surface area (Å²) < 4.78 is 40.9. The molecule has 9 heteroatoms. The van der Waals surface area contributed by atoms with Crippen molar-refractivity contribution in [2.45, 2.75) is 32.5 Å². The van der Waals surface area contributed by atoms with Gasteiger partial charge < -0.3 is 0 Å². The molecule has 2 aromatic rings. The highest BCUT2D eigenvalue weighted by Crippen LogP contribution is 2.27. The van der Waals surface area contributed by atoms with Crippen LogP contribution < -0.4 is 4.31 Å². The van der Waals surface area contributed by atoms with E-state index in [0.29, 0.717) is 23.8 Å². The van der Waals surface area contributed by atoms with E-state index in [1.807, 2.05) is 16.6 Å². The second-order valence-corrected chi connectivity index (χ2v) is 7.60. The van der Waals surface area contributed by atoms with Gasteiger partial charge in [0, 0.05) is 25.9 Å². The highest BCUT2D eigenvalue weighted by Gasteiger charge is 2.17. The third kappa shape index (κ3) is 5.80. The van der Waals surface area contributed by atoms with Crippen LogP contribution in [0.3, 0.4) is 0 Å². The van der Waals surface area contributed by atoms with E-state index in [0.717, 1.165) is 9.88 Å². The number of hydrogen-bond acceptors (Lipinski definition) is 6. The summed E-state index contributed by atoms with van der Waals surface area (Å²) in [7, 11) is 1.56. The first-order valence-corrected chi connectivity index (χ1v) is 10.1. The normalized spacial score (nSPS) is 13.1. The monoisotopic (exact) mass is 414 g/mol. The molecule has 146 valence electrons. The fraction of sp³-hybridized carbons (Fsp3) is 0.389. The smallest absolute Gasteiger partial charge is 0.260 e. The van der Waals surface area contributed by atoms with Gasteiger partial charge in [-0.3, -0.25) is 9.30 Å². The standard InChI is InChI=1S/C18H21F3N4S2/c1-11(18(20)21)8-14(22-3)15-9-23-17(27-15)10-25(26-4)16-7-5-6-13(24-16)12(2)19/h5-7,9,12,18H,1,8,10H2,2-4H3. The van der Waals surface area contributed by atoms with Gasteiger partial charge in [0.1, 0.15) is 17.0 Å². The van der Waals surface area contributed by atoms with Crippen molar-refractivity contribution in [1.82, 2.24) is 9.97 Å². The van der Waals surface area contributed by atoms with Gasteiger partial charge in [-0.15, -0.1) is 11.3 Å². The van der Waals surface area contributed by atoms with E-state index in [1.165, 1.54) is 30.2 Å². The number of halogens is 3. The molecule has 0 aliphatic rings. The average molecular weight is 415 g/mol. The van der Waals surface area contributed by atoms with Crippen molar-refractivity contribution in [2.24, 2.45) is 4.99 Å². The van der Waals surface area contributed by atoms with Gasteiger partial charge in [0.2, 0.25) is 0 Å². The molecule has 0 aliphatic heterocycles. The van der Waals surface area contributed by atoms with E-state index < -0.39 is 12.6 Å². The first-order valence-electron chi connectivity index (χ1n) is 8.15. The van der Waals surface area contributed by atoms with E-state index >= 15 is 0 Å². The minimum Gasteiger partial charge on any atom is -0.294 e. The van der Waals surface area contributed by atoms with E-state index in [-0.39, 0.29) is 12.0 Å². The van der Waals surface area contributed by atoms with Crippen molar-refractivity contribution >= 4 is 34.8 Å². The summed E-state index contributed by atoms with van der Waals surface area (Å²) in [5, 5.41) is 0.781. The Kier molecular flexibility index (Phi) is 7.85. The van der Waals surface area contributed by atoms with Crippen LogP contribution in [-0.2, 0) is 6.54 Å². The third-order valence-electron chi connectivity index (χ3n) is 3.73. The van der Waals surface area contributed by atoms with Gasteiger partial charge in [0.05, 0.1) is 22.8 Å². The zero-order chi connectivity index (χ0) is 20.0. The Morgan fingerprint density at radius 3 is 2.70 bits per heavy atom. The molecular formula is C18H21F3N4S2. The average Bonchev–Trinajstić information content (AvgIpc) is 3.12. The lowest BCUT2D eigenvalue weighted by Crippen LogP contribution is -2.15. The number of hydrogen-bond donors (Lipinski definition) is 0. The maximum atomic E-state index is 13.5. The fourth-order valence-electron chi connectivity index (χ4n) is 2.25. The quantitative estimate of drug-likeness (QED) is 0.309. The summed E-state index contributed by atoms with van der Waals surface area (Å²) in [6, 6.07) is 5.22. The van der Waals surface area contributed by atoms with Gasteiger partial charge in [0.25, 0.3) is 6.43 Å². The van der Waals surface area contributed by atoms with Crippen molar-refractivity contribution in [1.29, 1.82) is 0 Å². The van der Waals surface area contributed by atoms with Crippen LogP contribution in [0.25, 0.3) is 0 Å². The van der Waals surface area contributed by atoms with Gasteiger partial charge in [-0.05, 0) is 24.6 Å². The molecule has 0 fully saturated rings. The fourth-order valence-corrected chi connectivity index (χ4v) is 3.81. The lowest BCUT2D eigenvalue weighted by molar-refractivity contribution is 0.188. The van der Waals surface area contributed by atoms with E-state index in [4.69, 9.17) is 0 Å². The predicted molar refractivity (Wildman–Crippen MR) is 108 cm³/mol. The number of alkyl halides is 3. The molecule has 0 saturated carbocycles. The highest BCUT2D eigenvalue weighted by molar-refractivity contribution is 7.99. The van der Waals surface area contributed by atoms with E-state index in [9.17, 15) is 13.2 Å². The van der Waals surface area contributed by atoms with Crippen LogP contribution in [0.5, 0.6) is 0 Å². The molecule has 1 atom stereocenters. The van der Waals surface area contributed by atoms with Crippen LogP contribution >= 0.6 is 23.3 Å². The van der Waals surface area contributed by atoms with Crippen molar-refractivity contribution in [3.8, 4) is 0 Å². The van der Waals surface area contributed by atoms with Crippen LogP contribution in [0.2, 0.25) is 0 Å². The Labute approximate surface area is 165 Å². The molecule has 1 unspecified atom stereocenters. The molecule has 0 radical (unpaired) electrons. The van der Waals surface area contributed by atoms with Gasteiger partial charge in [-0.1, -0.05) is 24.6 Å². The van der Waals surface area contributed by atoms with Gasteiger partial charge >= 0.3 is 0 Å². The third-order valence-corrected chi connectivity index (χ3v) is 5.52. The Bertz CT molecular complexity index is 805. The van der Waals surface area contributed by atoms with Crippen LogP contribution in [-0.4, -0.2) is 35.4 Å². The van der Waals surface area contributed by atoms with Crippen molar-refractivity contribution in [2.75, 3.05) is 17.6 Å². The molecular weight excluding hydrogens is 393 g/mol. The number of pyridine rings is 1. The molecule has 2 rings (SSSR count). The van der Waals surface area contributed by atoms with Crippen molar-refractivity contribution in [3.05, 3.63) is 52.1 Å². The lowest BCUT2D eigenvalue weighted by Gasteiger charge is -2.19. The highest BCUT2D eigenvalue weighted by atomic mass is 32.2. The number of nitrogens with zero attached hydrogens (tertiary/aromatic N) is 4. The van der Waals surface area contributed by atoms with E-state index in [1.54, 1.807) is 25.4 Å². The van der Waals surface area contributed by atoms with Crippen LogP contribution in [0.1, 0.15) is 35.1 Å². The zero-order valence-corrected chi connectivity index (χ0v) is 17.0. The maximum absolute atomic E-state index is 13.5. The topological polar surface area (TPSA) is 41.4 Å². The Balaban J connectivity index is 2.15. The lowest BCUT2D eigenvalue weighted by atomic mass is 10.1. The number of anilines is 1. The Morgan fingerprint density at radius 2 is 2.11 bits per heavy atom. The molecule has 0 bridgehead atoms. The molecule has 2 aromatic heterocycles. The Morgan fingerprint density at radius 1 is 1.37 bits per heavy atom. The van der Waals surface area contributed by atoms with Gasteiger partial charge in [-0.2, -0.15) is 0 Å². The summed E-state index contributed by atoms with van der Waals surface area (Å²) in [6.07, 6.45) is -0.177. The number of thiazole rings is 1. The molecule has 0 N–H and O–H groups in total. The first kappa shape index (κ1) is 21.4. The summed E-state index contributed by atoms with van der Waals surface area (Å²) in [5.74, 6) is 0.636. The molecule has 0 aromatic carbocycles. The molecule has 0 saturated heterocycles. The number of rotatable bonds is 9. The molecule has 4 nitrogen and oxygen atoms in total. The minimum absolute atomic E-state index is 0.0139. The van der Waals surface area contributed by atoms with Gasteiger partial charge in [-0.25, -0.2) is 23.1 Å². The summed E-state index contributed by atoms with van der Waals surface area (Å²) >= 11 is 2.83. The minimum atomic E-state index is -2.57. The molecule has 0 amide bonds. The zero-order valence-electron chi connectivity index (χ0n) is 15.3. The van der Waals surface area contributed by atoms with Crippen LogP contribution in [0.4, 0.5) is 19.0 Å². The number of aromatic nitrogens is 2. The molecule has 0 aliphatic carbocycles. The second-order valence-electron chi connectivity index (χ2n) is 5.68. The van der Waals surface area contributed by atoms with Crippen LogP contribution in [0, 0.1) is 0 Å². The van der Waals surface area contributed by atoms with Gasteiger partial charge in [0.15, 0.2) is 0 Å². The number of allylic oxidation sites excluding steroid dienone is 1. The van der Waals surface area contributed by atoms with E-state index in [2.05, 4.69) is 21.5 Å². The second kappa shape index (κ2) is 9.89. The molecule has 27 heavy (non-hydrogen) atoms. The SMILES string of the molecule is C=C(CC(=NC)c1cnc(CN(SC)c2cccc(C(C)F)n2)s1)C(F)F. The molecule has 2 heterocycles. The van der Waals surface area contributed by atoms with Crippen molar-refractivity contribution in [3.63, 3.8) is 0 Å². The largest absolute Gasteiger partial charge is 0.294 e. The first-order chi connectivity index (χ1) is 12.8. The summed E-state index contributed by atoms with van der Waals surface area (Å²) in [6.45, 7) is 5.30. The molecule has 0 spiro atoms. The summed E-state index contributed by atoms with van der Waals surface area (Å²) in [4.78, 5) is 13.5. The number of aliphatic imine (C=N–C) groups is 1.